The highest BCUT2D eigenvalue weighted by molar-refractivity contribution is 5.96. The third kappa shape index (κ3) is 5.42. The quantitative estimate of drug-likeness (QED) is 0.740. The number of amides is 2. The number of hydrogen-bond donors (Lipinski definition) is 1. The molecule has 33 heavy (non-hydrogen) atoms. The summed E-state index contributed by atoms with van der Waals surface area (Å²) >= 11 is 0. The van der Waals surface area contributed by atoms with Crippen LogP contribution < -0.4 is 10.2 Å². The van der Waals surface area contributed by atoms with E-state index in [9.17, 15) is 9.59 Å². The molecule has 2 aliphatic rings. The number of nitrogens with one attached hydrogen (secondary N) is 1. The molecule has 2 aromatic heterocycles. The third-order valence-electron chi connectivity index (χ3n) is 6.12. The minimum atomic E-state index is -0.102. The summed E-state index contributed by atoms with van der Waals surface area (Å²) < 4.78 is 0. The second-order valence-electron chi connectivity index (χ2n) is 8.98. The molecule has 0 unspecified atom stereocenters. The molecule has 4 heterocycles. The Morgan fingerprint density at radius 3 is 2.18 bits per heavy atom. The van der Waals surface area contributed by atoms with E-state index in [1.165, 1.54) is 6.20 Å². The Bertz CT molecular complexity index is 963. The number of anilines is 2. The molecule has 2 aliphatic heterocycles. The molecule has 0 aromatic carbocycles. The molecule has 2 aromatic rings. The first-order valence-corrected chi connectivity index (χ1v) is 11.6. The van der Waals surface area contributed by atoms with Gasteiger partial charge < -0.3 is 24.9 Å². The van der Waals surface area contributed by atoms with Gasteiger partial charge in [-0.3, -0.25) is 14.6 Å². The first-order chi connectivity index (χ1) is 15.9. The van der Waals surface area contributed by atoms with E-state index in [0.717, 1.165) is 24.6 Å². The molecule has 2 amide bonds. The highest BCUT2D eigenvalue weighted by atomic mass is 16.2. The van der Waals surface area contributed by atoms with Gasteiger partial charge in [-0.15, -0.1) is 0 Å². The van der Waals surface area contributed by atoms with Crippen molar-refractivity contribution in [2.75, 3.05) is 69.6 Å². The molecule has 0 spiro atoms. The molecular weight excluding hydrogens is 418 g/mol. The van der Waals surface area contributed by atoms with Crippen LogP contribution >= 0.6 is 0 Å². The van der Waals surface area contributed by atoms with Crippen LogP contribution in [0.15, 0.2) is 36.7 Å². The van der Waals surface area contributed by atoms with Crippen LogP contribution in [-0.4, -0.2) is 102 Å². The Morgan fingerprint density at radius 2 is 1.55 bits per heavy atom. The highest BCUT2D eigenvalue weighted by Crippen LogP contribution is 2.24. The number of piperazine rings is 2. The normalized spacial score (nSPS) is 17.4. The van der Waals surface area contributed by atoms with Crippen LogP contribution in [0.1, 0.15) is 34.7 Å². The Kier molecular flexibility index (Phi) is 7.08. The lowest BCUT2D eigenvalue weighted by molar-refractivity contribution is 0.0661. The van der Waals surface area contributed by atoms with Gasteiger partial charge >= 0.3 is 0 Å². The van der Waals surface area contributed by atoms with Crippen LogP contribution in [-0.2, 0) is 0 Å². The summed E-state index contributed by atoms with van der Waals surface area (Å²) in [7, 11) is 2.06. The van der Waals surface area contributed by atoms with Crippen molar-refractivity contribution in [2.24, 2.45) is 0 Å². The Labute approximate surface area is 195 Å². The lowest BCUT2D eigenvalue weighted by Crippen LogP contribution is -2.49. The maximum atomic E-state index is 13.0. The lowest BCUT2D eigenvalue weighted by Gasteiger charge is -2.36. The summed E-state index contributed by atoms with van der Waals surface area (Å²) in [5, 5.41) is 3.44. The van der Waals surface area contributed by atoms with Crippen LogP contribution in [0.4, 0.5) is 11.5 Å². The maximum Gasteiger partial charge on any atom is 0.272 e. The number of pyridine rings is 2. The van der Waals surface area contributed by atoms with Crippen molar-refractivity contribution < 1.29 is 9.59 Å². The molecule has 9 nitrogen and oxygen atoms in total. The summed E-state index contributed by atoms with van der Waals surface area (Å²) in [4.78, 5) is 42.7. The van der Waals surface area contributed by atoms with Gasteiger partial charge in [-0.1, -0.05) is 0 Å². The van der Waals surface area contributed by atoms with Gasteiger partial charge in [0.1, 0.15) is 5.69 Å². The second-order valence-corrected chi connectivity index (χ2v) is 8.98. The van der Waals surface area contributed by atoms with Gasteiger partial charge in [-0.2, -0.15) is 0 Å². The van der Waals surface area contributed by atoms with E-state index in [1.807, 2.05) is 21.9 Å². The molecule has 0 radical (unpaired) electrons. The predicted molar refractivity (Wildman–Crippen MR) is 129 cm³/mol. The van der Waals surface area contributed by atoms with Crippen molar-refractivity contribution in [1.82, 2.24) is 24.7 Å². The molecule has 0 atom stereocenters. The standard InChI is InChI=1S/C24H33N7O2/c1-18(2)27-20-5-4-8-25-22(20)29-13-15-31(16-14-29)24(33)21-7-6-19(17-26-21)23(32)30-11-9-28(3)10-12-30/h4-8,17-18,27H,9-16H2,1-3H3. The fourth-order valence-corrected chi connectivity index (χ4v) is 4.19. The Balaban J connectivity index is 1.35. The van der Waals surface area contributed by atoms with E-state index in [4.69, 9.17) is 0 Å². The smallest absolute Gasteiger partial charge is 0.272 e. The number of carbonyl (C=O) groups excluding carboxylic acids is 2. The van der Waals surface area contributed by atoms with Gasteiger partial charge in [-0.05, 0) is 45.2 Å². The van der Waals surface area contributed by atoms with Crippen LogP contribution in [0, 0.1) is 0 Å². The van der Waals surface area contributed by atoms with Crippen molar-refractivity contribution in [3.05, 3.63) is 47.9 Å². The van der Waals surface area contributed by atoms with Gasteiger partial charge in [0, 0.05) is 70.8 Å². The van der Waals surface area contributed by atoms with E-state index in [2.05, 4.69) is 46.0 Å². The van der Waals surface area contributed by atoms with Crippen molar-refractivity contribution in [3.8, 4) is 0 Å². The number of hydrogen-bond acceptors (Lipinski definition) is 7. The molecule has 1 N–H and O–H groups in total. The van der Waals surface area contributed by atoms with E-state index in [-0.39, 0.29) is 11.8 Å². The zero-order valence-corrected chi connectivity index (χ0v) is 19.7. The lowest BCUT2D eigenvalue weighted by atomic mass is 10.2. The first kappa shape index (κ1) is 23.0. The van der Waals surface area contributed by atoms with E-state index < -0.39 is 0 Å². The molecule has 4 rings (SSSR count). The van der Waals surface area contributed by atoms with Crippen molar-refractivity contribution in [3.63, 3.8) is 0 Å². The maximum absolute atomic E-state index is 13.0. The largest absolute Gasteiger partial charge is 0.380 e. The summed E-state index contributed by atoms with van der Waals surface area (Å²) in [5.41, 5.74) is 1.91. The molecule has 2 saturated heterocycles. The molecule has 0 bridgehead atoms. The van der Waals surface area contributed by atoms with Crippen LogP contribution in [0.3, 0.4) is 0 Å². The van der Waals surface area contributed by atoms with E-state index in [0.29, 0.717) is 56.6 Å². The SMILES string of the molecule is CC(C)Nc1cccnc1N1CCN(C(=O)c2ccc(C(=O)N3CCN(C)CC3)cn2)CC1. The van der Waals surface area contributed by atoms with Crippen LogP contribution in [0.2, 0.25) is 0 Å². The highest BCUT2D eigenvalue weighted by Gasteiger charge is 2.26. The summed E-state index contributed by atoms with van der Waals surface area (Å²) in [5.74, 6) is 0.794. The number of carbonyl (C=O) groups is 2. The minimum Gasteiger partial charge on any atom is -0.380 e. The molecule has 0 saturated carbocycles. The average molecular weight is 452 g/mol. The average Bonchev–Trinajstić information content (AvgIpc) is 2.84. The fraction of sp³-hybridized carbons (Fsp3) is 0.500. The topological polar surface area (TPSA) is 84.9 Å². The molecule has 176 valence electrons. The summed E-state index contributed by atoms with van der Waals surface area (Å²) in [6, 6.07) is 7.66. The number of nitrogens with zero attached hydrogens (tertiary/aromatic N) is 6. The number of aromatic nitrogens is 2. The molecule has 0 aliphatic carbocycles. The summed E-state index contributed by atoms with van der Waals surface area (Å²) in [6.45, 7) is 9.97. The van der Waals surface area contributed by atoms with Crippen molar-refractivity contribution in [1.29, 1.82) is 0 Å². The molecule has 2 fully saturated rings. The number of rotatable bonds is 5. The zero-order chi connectivity index (χ0) is 23.4. The van der Waals surface area contributed by atoms with Crippen LogP contribution in [0.5, 0.6) is 0 Å². The van der Waals surface area contributed by atoms with Gasteiger partial charge in [0.05, 0.1) is 11.3 Å². The second kappa shape index (κ2) is 10.2. The zero-order valence-electron chi connectivity index (χ0n) is 19.7. The number of likely N-dealkylation sites (N-methyl/N-ethyl adjacent to an activating group) is 1. The third-order valence-corrected chi connectivity index (χ3v) is 6.12. The van der Waals surface area contributed by atoms with Crippen LogP contribution in [0.25, 0.3) is 0 Å². The van der Waals surface area contributed by atoms with Gasteiger partial charge in [0.2, 0.25) is 0 Å². The molecule has 9 heteroatoms. The van der Waals surface area contributed by atoms with Crippen molar-refractivity contribution in [2.45, 2.75) is 19.9 Å². The first-order valence-electron chi connectivity index (χ1n) is 11.6. The monoisotopic (exact) mass is 451 g/mol. The van der Waals surface area contributed by atoms with Gasteiger partial charge in [0.15, 0.2) is 5.82 Å². The Hall–Kier alpha value is -3.20. The molecular formula is C24H33N7O2. The van der Waals surface area contributed by atoms with Gasteiger partial charge in [-0.25, -0.2) is 4.98 Å². The van der Waals surface area contributed by atoms with Gasteiger partial charge in [0.25, 0.3) is 11.8 Å². The Morgan fingerprint density at radius 1 is 0.879 bits per heavy atom. The summed E-state index contributed by atoms with van der Waals surface area (Å²) in [6.07, 6.45) is 3.33. The fourth-order valence-electron chi connectivity index (χ4n) is 4.19. The van der Waals surface area contributed by atoms with Crippen molar-refractivity contribution >= 4 is 23.3 Å². The minimum absolute atomic E-state index is 0.0237. The predicted octanol–water partition coefficient (Wildman–Crippen LogP) is 1.65. The van der Waals surface area contributed by atoms with E-state index in [1.54, 1.807) is 18.3 Å². The van der Waals surface area contributed by atoms with E-state index >= 15 is 0 Å².